The van der Waals surface area contributed by atoms with Crippen molar-refractivity contribution >= 4 is 0 Å². The molecule has 0 aliphatic carbocycles. The van der Waals surface area contributed by atoms with Crippen molar-refractivity contribution in [3.63, 3.8) is 0 Å². The second kappa shape index (κ2) is 5.75. The Morgan fingerprint density at radius 1 is 0.842 bits per heavy atom. The summed E-state index contributed by atoms with van der Waals surface area (Å²) < 4.78 is 0. The monoisotopic (exact) mass is 249 g/mol. The second-order valence-electron chi connectivity index (χ2n) is 5.06. The number of nitrogens with one attached hydrogen (secondary N) is 1. The zero-order valence-corrected chi connectivity index (χ0v) is 11.0. The van der Waals surface area contributed by atoms with Gasteiger partial charge in [-0.2, -0.15) is 0 Å². The smallest absolute Gasteiger partial charge is 0.0153 e. The largest absolute Gasteiger partial charge is 0.391 e. The highest BCUT2D eigenvalue weighted by molar-refractivity contribution is 5.34. The summed E-state index contributed by atoms with van der Waals surface area (Å²) in [6.45, 7) is 1.07. The van der Waals surface area contributed by atoms with Crippen molar-refractivity contribution in [3.8, 4) is 0 Å². The van der Waals surface area contributed by atoms with Crippen molar-refractivity contribution in [2.24, 2.45) is 5.92 Å². The molecular weight excluding hydrogens is 230 g/mol. The molecule has 0 aromatic heterocycles. The SMILES string of the molecule is C1=CC(C(c2ccccc2)c2ccccc2)CCN1. The average molecular weight is 249 g/mol. The molecule has 96 valence electrons. The first-order valence-corrected chi connectivity index (χ1v) is 6.95. The normalized spacial score (nSPS) is 18.3. The Morgan fingerprint density at radius 2 is 1.42 bits per heavy atom. The molecule has 1 N–H and O–H groups in total. The summed E-state index contributed by atoms with van der Waals surface area (Å²) in [4.78, 5) is 0. The molecule has 0 amide bonds. The van der Waals surface area contributed by atoms with Gasteiger partial charge in [0.1, 0.15) is 0 Å². The fraction of sp³-hybridized carbons (Fsp3) is 0.222. The van der Waals surface area contributed by atoms with Gasteiger partial charge in [0, 0.05) is 12.5 Å². The number of allylic oxidation sites excluding steroid dienone is 1. The Morgan fingerprint density at radius 3 is 1.89 bits per heavy atom. The Hall–Kier alpha value is -2.02. The molecule has 2 aromatic rings. The van der Waals surface area contributed by atoms with Crippen LogP contribution in [-0.2, 0) is 0 Å². The van der Waals surface area contributed by atoms with Crippen LogP contribution in [0.5, 0.6) is 0 Å². The van der Waals surface area contributed by atoms with Gasteiger partial charge in [-0.3, -0.25) is 0 Å². The molecule has 0 fully saturated rings. The molecule has 1 heteroatoms. The summed E-state index contributed by atoms with van der Waals surface area (Å²) in [5, 5.41) is 3.29. The molecule has 0 spiro atoms. The van der Waals surface area contributed by atoms with E-state index >= 15 is 0 Å². The van der Waals surface area contributed by atoms with Crippen LogP contribution in [0.2, 0.25) is 0 Å². The molecular formula is C18H19N. The molecule has 2 aromatic carbocycles. The van der Waals surface area contributed by atoms with Crippen LogP contribution < -0.4 is 5.32 Å². The van der Waals surface area contributed by atoms with E-state index < -0.39 is 0 Å². The number of hydrogen-bond donors (Lipinski definition) is 1. The molecule has 1 aliphatic heterocycles. The minimum Gasteiger partial charge on any atom is -0.391 e. The third-order valence-corrected chi connectivity index (χ3v) is 3.83. The molecule has 1 atom stereocenters. The van der Waals surface area contributed by atoms with Crippen LogP contribution in [-0.4, -0.2) is 6.54 Å². The van der Waals surface area contributed by atoms with Gasteiger partial charge >= 0.3 is 0 Å². The third kappa shape index (κ3) is 2.70. The van der Waals surface area contributed by atoms with Crippen LogP contribution in [0.4, 0.5) is 0 Å². The molecule has 1 nitrogen and oxygen atoms in total. The predicted octanol–water partition coefficient (Wildman–Crippen LogP) is 3.94. The molecule has 1 aliphatic rings. The summed E-state index contributed by atoms with van der Waals surface area (Å²) >= 11 is 0. The van der Waals surface area contributed by atoms with Crippen molar-refractivity contribution in [1.29, 1.82) is 0 Å². The lowest BCUT2D eigenvalue weighted by Crippen LogP contribution is -2.22. The van der Waals surface area contributed by atoms with E-state index in [9.17, 15) is 0 Å². The first kappa shape index (κ1) is 12.0. The van der Waals surface area contributed by atoms with Gasteiger partial charge in [-0.25, -0.2) is 0 Å². The average Bonchev–Trinajstić information content (AvgIpc) is 2.51. The molecule has 0 saturated carbocycles. The maximum atomic E-state index is 3.29. The summed E-state index contributed by atoms with van der Waals surface area (Å²) in [7, 11) is 0. The van der Waals surface area contributed by atoms with Crippen molar-refractivity contribution in [2.75, 3.05) is 6.54 Å². The van der Waals surface area contributed by atoms with Gasteiger partial charge < -0.3 is 5.32 Å². The molecule has 19 heavy (non-hydrogen) atoms. The lowest BCUT2D eigenvalue weighted by molar-refractivity contribution is 0.495. The standard InChI is InChI=1S/C18H19N/c1-3-7-15(8-4-1)18(16-9-5-2-6-10-16)17-11-13-19-14-12-17/h1-11,13,17-19H,12,14H2. The Bertz CT molecular complexity index is 491. The van der Waals surface area contributed by atoms with E-state index in [-0.39, 0.29) is 0 Å². The van der Waals surface area contributed by atoms with E-state index in [1.807, 2.05) is 0 Å². The Kier molecular flexibility index (Phi) is 3.64. The maximum Gasteiger partial charge on any atom is 0.0153 e. The van der Waals surface area contributed by atoms with E-state index in [1.54, 1.807) is 0 Å². The van der Waals surface area contributed by atoms with Crippen molar-refractivity contribution in [1.82, 2.24) is 5.32 Å². The highest BCUT2D eigenvalue weighted by Gasteiger charge is 2.23. The van der Waals surface area contributed by atoms with Gasteiger partial charge in [0.25, 0.3) is 0 Å². The molecule has 1 heterocycles. The highest BCUT2D eigenvalue weighted by Crippen LogP contribution is 2.35. The van der Waals surface area contributed by atoms with Crippen LogP contribution >= 0.6 is 0 Å². The van der Waals surface area contributed by atoms with Gasteiger partial charge in [-0.05, 0) is 29.7 Å². The quantitative estimate of drug-likeness (QED) is 0.868. The first-order chi connectivity index (χ1) is 9.45. The zero-order chi connectivity index (χ0) is 12.9. The maximum absolute atomic E-state index is 3.29. The Labute approximate surface area is 115 Å². The van der Waals surface area contributed by atoms with Crippen LogP contribution in [0.15, 0.2) is 72.9 Å². The van der Waals surface area contributed by atoms with Gasteiger partial charge in [0.2, 0.25) is 0 Å². The molecule has 0 radical (unpaired) electrons. The molecule has 1 unspecified atom stereocenters. The van der Waals surface area contributed by atoms with E-state index in [4.69, 9.17) is 0 Å². The van der Waals surface area contributed by atoms with E-state index in [1.165, 1.54) is 17.5 Å². The van der Waals surface area contributed by atoms with Gasteiger partial charge in [-0.1, -0.05) is 66.7 Å². The first-order valence-electron chi connectivity index (χ1n) is 6.95. The molecule has 0 bridgehead atoms. The number of hydrogen-bond acceptors (Lipinski definition) is 1. The van der Waals surface area contributed by atoms with Crippen molar-refractivity contribution < 1.29 is 0 Å². The summed E-state index contributed by atoms with van der Waals surface area (Å²) in [5.41, 5.74) is 2.82. The van der Waals surface area contributed by atoms with Crippen LogP contribution in [0.1, 0.15) is 23.5 Å². The number of benzene rings is 2. The lowest BCUT2D eigenvalue weighted by Gasteiger charge is -2.28. The van der Waals surface area contributed by atoms with Crippen molar-refractivity contribution in [2.45, 2.75) is 12.3 Å². The zero-order valence-electron chi connectivity index (χ0n) is 11.0. The number of rotatable bonds is 3. The summed E-state index contributed by atoms with van der Waals surface area (Å²) in [5.74, 6) is 1.03. The minimum atomic E-state index is 0.459. The van der Waals surface area contributed by atoms with Gasteiger partial charge in [0.15, 0.2) is 0 Å². The van der Waals surface area contributed by atoms with E-state index in [0.717, 1.165) is 6.54 Å². The van der Waals surface area contributed by atoms with E-state index in [0.29, 0.717) is 11.8 Å². The lowest BCUT2D eigenvalue weighted by atomic mass is 9.78. The third-order valence-electron chi connectivity index (χ3n) is 3.83. The molecule has 0 saturated heterocycles. The van der Waals surface area contributed by atoms with E-state index in [2.05, 4.69) is 78.3 Å². The molecule has 3 rings (SSSR count). The summed E-state index contributed by atoms with van der Waals surface area (Å²) in [6.07, 6.45) is 5.60. The van der Waals surface area contributed by atoms with Crippen LogP contribution in [0.3, 0.4) is 0 Å². The van der Waals surface area contributed by atoms with Gasteiger partial charge in [0.05, 0.1) is 0 Å². The highest BCUT2D eigenvalue weighted by atomic mass is 14.8. The van der Waals surface area contributed by atoms with Crippen LogP contribution in [0.25, 0.3) is 0 Å². The fourth-order valence-corrected chi connectivity index (χ4v) is 2.91. The summed E-state index contributed by atoms with van der Waals surface area (Å²) in [6, 6.07) is 21.7. The van der Waals surface area contributed by atoms with Gasteiger partial charge in [-0.15, -0.1) is 0 Å². The second-order valence-corrected chi connectivity index (χ2v) is 5.06. The Balaban J connectivity index is 2.01. The fourth-order valence-electron chi connectivity index (χ4n) is 2.91. The van der Waals surface area contributed by atoms with Crippen LogP contribution in [0, 0.1) is 5.92 Å². The topological polar surface area (TPSA) is 12.0 Å². The minimum absolute atomic E-state index is 0.459. The van der Waals surface area contributed by atoms with Crippen molar-refractivity contribution in [3.05, 3.63) is 84.1 Å². The predicted molar refractivity (Wildman–Crippen MR) is 80.0 cm³/mol.